The summed E-state index contributed by atoms with van der Waals surface area (Å²) in [6, 6.07) is 6.44. The zero-order chi connectivity index (χ0) is 14.6. The van der Waals surface area contributed by atoms with Crippen molar-refractivity contribution in [2.24, 2.45) is 0 Å². The van der Waals surface area contributed by atoms with Crippen molar-refractivity contribution in [2.45, 2.75) is 37.6 Å². The highest BCUT2D eigenvalue weighted by atomic mass is 19.1. The van der Waals surface area contributed by atoms with Crippen molar-refractivity contribution in [3.05, 3.63) is 35.6 Å². The highest BCUT2D eigenvalue weighted by Crippen LogP contribution is 2.33. The zero-order valence-corrected chi connectivity index (χ0v) is 12.3. The minimum Gasteiger partial charge on any atom is -0.354 e. The monoisotopic (exact) mass is 278 g/mol. The fourth-order valence-electron chi connectivity index (χ4n) is 2.96. The fourth-order valence-corrected chi connectivity index (χ4v) is 2.96. The zero-order valence-electron chi connectivity index (χ0n) is 12.3. The first-order valence-electron chi connectivity index (χ1n) is 7.21. The standard InChI is InChI=1S/C16H23FN2O/c1-19(2)16(9-5-6-10-16)12-18-15(20)11-13-7-3-4-8-14(13)17/h3-4,7-8H,5-6,9-12H2,1-2H3,(H,18,20). The molecule has 1 amide bonds. The van der Waals surface area contributed by atoms with Gasteiger partial charge in [-0.1, -0.05) is 31.0 Å². The van der Waals surface area contributed by atoms with Crippen LogP contribution in [0.1, 0.15) is 31.2 Å². The molecule has 4 heteroatoms. The lowest BCUT2D eigenvalue weighted by Gasteiger charge is -2.36. The van der Waals surface area contributed by atoms with Gasteiger partial charge >= 0.3 is 0 Å². The Morgan fingerprint density at radius 3 is 2.55 bits per heavy atom. The molecule has 20 heavy (non-hydrogen) atoms. The minimum atomic E-state index is -0.314. The van der Waals surface area contributed by atoms with Crippen LogP contribution in [0.15, 0.2) is 24.3 Å². The first-order chi connectivity index (χ1) is 9.53. The second-order valence-electron chi connectivity index (χ2n) is 5.87. The second kappa shape index (κ2) is 6.35. The number of carbonyl (C=O) groups excluding carboxylic acids is 1. The van der Waals surface area contributed by atoms with Crippen LogP contribution in [0.5, 0.6) is 0 Å². The molecule has 1 aliphatic carbocycles. The van der Waals surface area contributed by atoms with Crippen molar-refractivity contribution >= 4 is 5.91 Å². The fraction of sp³-hybridized carbons (Fsp3) is 0.562. The summed E-state index contributed by atoms with van der Waals surface area (Å²) < 4.78 is 13.5. The van der Waals surface area contributed by atoms with E-state index in [2.05, 4.69) is 24.3 Å². The van der Waals surface area contributed by atoms with E-state index in [1.54, 1.807) is 18.2 Å². The lowest BCUT2D eigenvalue weighted by molar-refractivity contribution is -0.121. The predicted molar refractivity (Wildman–Crippen MR) is 78.0 cm³/mol. The maximum Gasteiger partial charge on any atom is 0.224 e. The molecule has 1 aliphatic rings. The highest BCUT2D eigenvalue weighted by Gasteiger charge is 2.36. The molecule has 0 spiro atoms. The highest BCUT2D eigenvalue weighted by molar-refractivity contribution is 5.78. The van der Waals surface area contributed by atoms with Crippen LogP contribution < -0.4 is 5.32 Å². The minimum absolute atomic E-state index is 0.0743. The summed E-state index contributed by atoms with van der Waals surface area (Å²) in [4.78, 5) is 14.2. The summed E-state index contributed by atoms with van der Waals surface area (Å²) >= 11 is 0. The SMILES string of the molecule is CN(C)C1(CNC(=O)Cc2ccccc2F)CCCC1. The number of nitrogens with one attached hydrogen (secondary N) is 1. The number of halogens is 1. The summed E-state index contributed by atoms with van der Waals surface area (Å²) in [5.74, 6) is -0.422. The van der Waals surface area contributed by atoms with Gasteiger partial charge in [-0.2, -0.15) is 0 Å². The Morgan fingerprint density at radius 2 is 1.95 bits per heavy atom. The molecule has 0 radical (unpaired) electrons. The molecule has 0 aromatic heterocycles. The van der Waals surface area contributed by atoms with Crippen molar-refractivity contribution in [3.63, 3.8) is 0 Å². The molecule has 1 N–H and O–H groups in total. The normalized spacial score (nSPS) is 17.4. The quantitative estimate of drug-likeness (QED) is 0.896. The van der Waals surface area contributed by atoms with Crippen LogP contribution in [0.2, 0.25) is 0 Å². The Labute approximate surface area is 120 Å². The van der Waals surface area contributed by atoms with Gasteiger partial charge < -0.3 is 10.2 Å². The summed E-state index contributed by atoms with van der Waals surface area (Å²) in [5, 5.41) is 2.98. The summed E-state index contributed by atoms with van der Waals surface area (Å²) in [6.45, 7) is 0.646. The predicted octanol–water partition coefficient (Wildman–Crippen LogP) is 2.36. The topological polar surface area (TPSA) is 32.3 Å². The smallest absolute Gasteiger partial charge is 0.224 e. The molecule has 0 aliphatic heterocycles. The molecule has 0 unspecified atom stereocenters. The van der Waals surface area contributed by atoms with E-state index in [-0.39, 0.29) is 23.7 Å². The van der Waals surface area contributed by atoms with Crippen LogP contribution in [0.25, 0.3) is 0 Å². The van der Waals surface area contributed by atoms with Crippen LogP contribution in [0.4, 0.5) is 4.39 Å². The molecular formula is C16H23FN2O. The van der Waals surface area contributed by atoms with Gasteiger partial charge in [0.05, 0.1) is 6.42 Å². The Hall–Kier alpha value is -1.42. The molecule has 2 rings (SSSR count). The first kappa shape index (κ1) is 15.0. The number of nitrogens with zero attached hydrogens (tertiary/aromatic N) is 1. The van der Waals surface area contributed by atoms with Crippen molar-refractivity contribution < 1.29 is 9.18 Å². The second-order valence-corrected chi connectivity index (χ2v) is 5.87. The molecular weight excluding hydrogens is 255 g/mol. The number of carbonyl (C=O) groups is 1. The molecule has 1 aromatic rings. The number of amides is 1. The maximum atomic E-state index is 13.5. The number of hydrogen-bond acceptors (Lipinski definition) is 2. The van der Waals surface area contributed by atoms with Gasteiger partial charge in [-0.25, -0.2) is 4.39 Å². The molecule has 0 heterocycles. The average Bonchev–Trinajstić information content (AvgIpc) is 2.89. The van der Waals surface area contributed by atoms with E-state index in [0.29, 0.717) is 12.1 Å². The number of hydrogen-bond donors (Lipinski definition) is 1. The van der Waals surface area contributed by atoms with E-state index in [4.69, 9.17) is 0 Å². The van der Waals surface area contributed by atoms with Gasteiger partial charge in [-0.05, 0) is 38.6 Å². The van der Waals surface area contributed by atoms with Crippen molar-refractivity contribution in [2.75, 3.05) is 20.6 Å². The van der Waals surface area contributed by atoms with E-state index in [1.807, 2.05) is 0 Å². The van der Waals surface area contributed by atoms with Gasteiger partial charge in [-0.15, -0.1) is 0 Å². The number of benzene rings is 1. The number of likely N-dealkylation sites (N-methyl/N-ethyl adjacent to an activating group) is 1. The summed E-state index contributed by atoms with van der Waals surface area (Å²) in [7, 11) is 4.13. The Kier molecular flexibility index (Phi) is 4.76. The summed E-state index contributed by atoms with van der Waals surface area (Å²) in [6.07, 6.45) is 4.75. The van der Waals surface area contributed by atoms with Gasteiger partial charge in [0.2, 0.25) is 5.91 Å². The van der Waals surface area contributed by atoms with Gasteiger partial charge in [-0.3, -0.25) is 4.79 Å². The molecule has 3 nitrogen and oxygen atoms in total. The van der Waals surface area contributed by atoms with Crippen LogP contribution in [-0.2, 0) is 11.2 Å². The molecule has 1 aromatic carbocycles. The Morgan fingerprint density at radius 1 is 1.30 bits per heavy atom. The van der Waals surface area contributed by atoms with Gasteiger partial charge in [0.1, 0.15) is 5.82 Å². The number of rotatable bonds is 5. The molecule has 0 saturated heterocycles. The van der Waals surface area contributed by atoms with E-state index < -0.39 is 0 Å². The average molecular weight is 278 g/mol. The maximum absolute atomic E-state index is 13.5. The molecule has 0 bridgehead atoms. The Bertz CT molecular complexity index is 467. The lowest BCUT2D eigenvalue weighted by Crippen LogP contribution is -2.51. The van der Waals surface area contributed by atoms with Gasteiger partial charge in [0.25, 0.3) is 0 Å². The summed E-state index contributed by atoms with van der Waals surface area (Å²) in [5.41, 5.74) is 0.528. The van der Waals surface area contributed by atoms with Crippen LogP contribution in [0, 0.1) is 5.82 Å². The van der Waals surface area contributed by atoms with Crippen molar-refractivity contribution in [1.82, 2.24) is 10.2 Å². The van der Waals surface area contributed by atoms with E-state index >= 15 is 0 Å². The molecule has 110 valence electrons. The van der Waals surface area contributed by atoms with E-state index in [9.17, 15) is 9.18 Å². The largest absolute Gasteiger partial charge is 0.354 e. The molecule has 1 saturated carbocycles. The first-order valence-corrected chi connectivity index (χ1v) is 7.21. The third-order valence-electron chi connectivity index (χ3n) is 4.41. The van der Waals surface area contributed by atoms with E-state index in [0.717, 1.165) is 12.8 Å². The Balaban J connectivity index is 1.90. The lowest BCUT2D eigenvalue weighted by atomic mass is 9.96. The van der Waals surface area contributed by atoms with Gasteiger partial charge in [0.15, 0.2) is 0 Å². The van der Waals surface area contributed by atoms with Crippen LogP contribution in [-0.4, -0.2) is 37.0 Å². The molecule has 0 atom stereocenters. The third kappa shape index (κ3) is 3.37. The van der Waals surface area contributed by atoms with E-state index in [1.165, 1.54) is 18.9 Å². The van der Waals surface area contributed by atoms with Crippen molar-refractivity contribution in [3.8, 4) is 0 Å². The third-order valence-corrected chi connectivity index (χ3v) is 4.41. The van der Waals surface area contributed by atoms with Crippen LogP contribution >= 0.6 is 0 Å². The van der Waals surface area contributed by atoms with Crippen LogP contribution in [0.3, 0.4) is 0 Å². The van der Waals surface area contributed by atoms with Crippen molar-refractivity contribution in [1.29, 1.82) is 0 Å². The van der Waals surface area contributed by atoms with Gasteiger partial charge in [0, 0.05) is 12.1 Å². The molecule has 1 fully saturated rings.